The summed E-state index contributed by atoms with van der Waals surface area (Å²) in [6.45, 7) is 8.82. The Morgan fingerprint density at radius 3 is 2.00 bits per heavy atom. The zero-order valence-corrected chi connectivity index (χ0v) is 15.5. The molecule has 0 aliphatic carbocycles. The summed E-state index contributed by atoms with van der Waals surface area (Å²) >= 11 is 0. The Balaban J connectivity index is 1.99. The molecule has 136 valence electrons. The van der Waals surface area contributed by atoms with E-state index in [1.165, 1.54) is 12.5 Å². The van der Waals surface area contributed by atoms with Crippen LogP contribution in [0.15, 0.2) is 24.3 Å². The van der Waals surface area contributed by atoms with Gasteiger partial charge in [0.15, 0.2) is 0 Å². The Labute approximate surface area is 149 Å². The van der Waals surface area contributed by atoms with E-state index in [1.807, 2.05) is 24.3 Å². The maximum absolute atomic E-state index is 12.8. The van der Waals surface area contributed by atoms with Gasteiger partial charge in [-0.25, -0.2) is 0 Å². The predicted molar refractivity (Wildman–Crippen MR) is 97.1 cm³/mol. The van der Waals surface area contributed by atoms with Crippen molar-refractivity contribution in [2.75, 3.05) is 31.5 Å². The van der Waals surface area contributed by atoms with Crippen LogP contribution >= 0.6 is 0 Å². The third-order valence-electron chi connectivity index (χ3n) is 4.73. The van der Waals surface area contributed by atoms with Gasteiger partial charge in [0.05, 0.1) is 0 Å². The third-order valence-corrected chi connectivity index (χ3v) is 4.73. The van der Waals surface area contributed by atoms with Crippen LogP contribution in [0.1, 0.15) is 33.3 Å². The fraction of sp³-hybridized carbons (Fsp3) is 0.526. The van der Waals surface area contributed by atoms with Crippen molar-refractivity contribution in [1.29, 1.82) is 0 Å². The minimum absolute atomic E-state index is 0.0135. The second-order valence-electron chi connectivity index (χ2n) is 6.93. The van der Waals surface area contributed by atoms with Gasteiger partial charge in [-0.2, -0.15) is 0 Å². The lowest BCUT2D eigenvalue weighted by atomic mass is 9.89. The van der Waals surface area contributed by atoms with E-state index in [0.717, 1.165) is 6.42 Å². The SMILES string of the molecule is CCc1ccc(NC(=O)C(C)(C)C(=O)N2CCN(C(C)=O)CC2)cc1. The quantitative estimate of drug-likeness (QED) is 0.848. The largest absolute Gasteiger partial charge is 0.339 e. The summed E-state index contributed by atoms with van der Waals surface area (Å²) in [4.78, 5) is 40.2. The molecule has 1 aliphatic heterocycles. The lowest BCUT2D eigenvalue weighted by Crippen LogP contribution is -2.55. The normalized spacial score (nSPS) is 15.0. The van der Waals surface area contributed by atoms with E-state index in [1.54, 1.807) is 23.6 Å². The number of hydrogen-bond acceptors (Lipinski definition) is 3. The van der Waals surface area contributed by atoms with Crippen molar-refractivity contribution in [2.45, 2.75) is 34.1 Å². The smallest absolute Gasteiger partial charge is 0.239 e. The number of nitrogens with one attached hydrogen (secondary N) is 1. The first-order valence-electron chi connectivity index (χ1n) is 8.71. The predicted octanol–water partition coefficient (Wildman–Crippen LogP) is 1.90. The van der Waals surface area contributed by atoms with Crippen molar-refractivity contribution in [3.63, 3.8) is 0 Å². The molecule has 0 saturated carbocycles. The monoisotopic (exact) mass is 345 g/mol. The molecule has 1 aromatic carbocycles. The average Bonchev–Trinajstić information content (AvgIpc) is 2.61. The summed E-state index contributed by atoms with van der Waals surface area (Å²) in [5, 5.41) is 2.83. The molecule has 0 radical (unpaired) electrons. The first-order chi connectivity index (χ1) is 11.8. The van der Waals surface area contributed by atoms with Crippen LogP contribution in [-0.2, 0) is 20.8 Å². The molecular formula is C19H27N3O3. The van der Waals surface area contributed by atoms with Gasteiger partial charge in [0.2, 0.25) is 17.7 Å². The summed E-state index contributed by atoms with van der Waals surface area (Å²) < 4.78 is 0. The van der Waals surface area contributed by atoms with Gasteiger partial charge < -0.3 is 15.1 Å². The molecule has 1 heterocycles. The number of aryl methyl sites for hydroxylation is 1. The zero-order chi connectivity index (χ0) is 18.6. The van der Waals surface area contributed by atoms with Crippen LogP contribution < -0.4 is 5.32 Å². The Hall–Kier alpha value is -2.37. The fourth-order valence-electron chi connectivity index (χ4n) is 2.83. The van der Waals surface area contributed by atoms with Crippen molar-refractivity contribution in [3.8, 4) is 0 Å². The van der Waals surface area contributed by atoms with Gasteiger partial charge in [0.25, 0.3) is 0 Å². The Bertz CT molecular complexity index is 644. The van der Waals surface area contributed by atoms with Gasteiger partial charge >= 0.3 is 0 Å². The van der Waals surface area contributed by atoms with Crippen LogP contribution in [0.2, 0.25) is 0 Å². The van der Waals surface area contributed by atoms with Gasteiger partial charge in [-0.1, -0.05) is 19.1 Å². The average molecular weight is 345 g/mol. The number of amides is 3. The number of carbonyl (C=O) groups excluding carboxylic acids is 3. The molecule has 1 fully saturated rings. The molecule has 0 atom stereocenters. The molecule has 2 rings (SSSR count). The van der Waals surface area contributed by atoms with E-state index in [4.69, 9.17) is 0 Å². The van der Waals surface area contributed by atoms with Crippen molar-refractivity contribution in [1.82, 2.24) is 9.80 Å². The Morgan fingerprint density at radius 2 is 1.52 bits per heavy atom. The minimum atomic E-state index is -1.16. The van der Waals surface area contributed by atoms with Crippen molar-refractivity contribution in [3.05, 3.63) is 29.8 Å². The molecule has 1 aromatic rings. The topological polar surface area (TPSA) is 69.7 Å². The maximum atomic E-state index is 12.8. The zero-order valence-electron chi connectivity index (χ0n) is 15.5. The lowest BCUT2D eigenvalue weighted by Gasteiger charge is -2.37. The molecule has 25 heavy (non-hydrogen) atoms. The number of rotatable bonds is 4. The van der Waals surface area contributed by atoms with Gasteiger partial charge in [0.1, 0.15) is 5.41 Å². The van der Waals surface area contributed by atoms with Gasteiger partial charge in [-0.15, -0.1) is 0 Å². The van der Waals surface area contributed by atoms with E-state index in [-0.39, 0.29) is 17.7 Å². The molecule has 3 amide bonds. The second-order valence-corrected chi connectivity index (χ2v) is 6.93. The summed E-state index contributed by atoms with van der Waals surface area (Å²) in [5.41, 5.74) is 0.711. The molecule has 0 spiro atoms. The van der Waals surface area contributed by atoms with Crippen LogP contribution in [-0.4, -0.2) is 53.7 Å². The highest BCUT2D eigenvalue weighted by Crippen LogP contribution is 2.23. The Morgan fingerprint density at radius 1 is 1.00 bits per heavy atom. The molecule has 1 aliphatic rings. The Kier molecular flexibility index (Phi) is 5.82. The summed E-state index contributed by atoms with van der Waals surface area (Å²) in [5.74, 6) is -0.520. The van der Waals surface area contributed by atoms with Crippen LogP contribution in [0, 0.1) is 5.41 Å². The molecule has 1 saturated heterocycles. The van der Waals surface area contributed by atoms with E-state index in [9.17, 15) is 14.4 Å². The second kappa shape index (κ2) is 7.68. The molecule has 0 aromatic heterocycles. The maximum Gasteiger partial charge on any atom is 0.239 e. The number of nitrogens with zero attached hydrogens (tertiary/aromatic N) is 2. The molecular weight excluding hydrogens is 318 g/mol. The van der Waals surface area contributed by atoms with Crippen LogP contribution in [0.25, 0.3) is 0 Å². The van der Waals surface area contributed by atoms with E-state index in [0.29, 0.717) is 31.9 Å². The van der Waals surface area contributed by atoms with Gasteiger partial charge in [0, 0.05) is 38.8 Å². The standard InChI is InChI=1S/C19H27N3O3/c1-5-15-6-8-16(9-7-15)20-17(24)19(3,4)18(25)22-12-10-21(11-13-22)14(2)23/h6-9H,5,10-13H2,1-4H3,(H,20,24). The number of carbonyl (C=O) groups is 3. The van der Waals surface area contributed by atoms with E-state index >= 15 is 0 Å². The van der Waals surface area contributed by atoms with Crippen molar-refractivity contribution in [2.24, 2.45) is 5.41 Å². The highest BCUT2D eigenvalue weighted by atomic mass is 16.2. The highest BCUT2D eigenvalue weighted by Gasteiger charge is 2.40. The molecule has 0 unspecified atom stereocenters. The highest BCUT2D eigenvalue weighted by molar-refractivity contribution is 6.09. The van der Waals surface area contributed by atoms with E-state index < -0.39 is 5.41 Å². The minimum Gasteiger partial charge on any atom is -0.339 e. The van der Waals surface area contributed by atoms with Crippen LogP contribution in [0.4, 0.5) is 5.69 Å². The summed E-state index contributed by atoms with van der Waals surface area (Å²) in [6, 6.07) is 7.63. The molecule has 1 N–H and O–H groups in total. The van der Waals surface area contributed by atoms with Crippen molar-refractivity contribution < 1.29 is 14.4 Å². The lowest BCUT2D eigenvalue weighted by molar-refractivity contribution is -0.149. The summed E-state index contributed by atoms with van der Waals surface area (Å²) in [6.07, 6.45) is 0.935. The van der Waals surface area contributed by atoms with Gasteiger partial charge in [-0.05, 0) is 38.0 Å². The molecule has 0 bridgehead atoms. The first kappa shape index (κ1) is 19.0. The fourth-order valence-corrected chi connectivity index (χ4v) is 2.83. The van der Waals surface area contributed by atoms with Crippen molar-refractivity contribution >= 4 is 23.4 Å². The van der Waals surface area contributed by atoms with Gasteiger partial charge in [-0.3, -0.25) is 14.4 Å². The van der Waals surface area contributed by atoms with E-state index in [2.05, 4.69) is 12.2 Å². The summed E-state index contributed by atoms with van der Waals surface area (Å²) in [7, 11) is 0. The van der Waals surface area contributed by atoms with Crippen LogP contribution in [0.3, 0.4) is 0 Å². The van der Waals surface area contributed by atoms with Crippen LogP contribution in [0.5, 0.6) is 0 Å². The number of hydrogen-bond donors (Lipinski definition) is 1. The molecule has 6 heteroatoms. The first-order valence-corrected chi connectivity index (χ1v) is 8.71. The number of anilines is 1. The number of benzene rings is 1. The molecule has 6 nitrogen and oxygen atoms in total. The third kappa shape index (κ3) is 4.38. The number of piperazine rings is 1.